The normalized spacial score (nSPS) is 14.5. The molecule has 4 aromatic rings. The fraction of sp³-hybridized carbons (Fsp3) is 0.208. The van der Waals surface area contributed by atoms with Crippen LogP contribution >= 0.6 is 0 Å². The minimum absolute atomic E-state index is 0.0172. The number of amides is 1. The van der Waals surface area contributed by atoms with Gasteiger partial charge in [-0.25, -0.2) is 9.97 Å². The molecule has 160 valence electrons. The summed E-state index contributed by atoms with van der Waals surface area (Å²) in [4.78, 5) is 21.3. The Hall–Kier alpha value is -4.07. The summed E-state index contributed by atoms with van der Waals surface area (Å²) in [5, 5.41) is 6.38. The molecule has 0 radical (unpaired) electrons. The van der Waals surface area contributed by atoms with Crippen molar-refractivity contribution in [2.45, 2.75) is 25.4 Å². The lowest BCUT2D eigenvalue weighted by molar-refractivity contribution is 0.0951. The van der Waals surface area contributed by atoms with E-state index in [1.807, 2.05) is 59.3 Å². The van der Waals surface area contributed by atoms with E-state index in [0.717, 1.165) is 46.8 Å². The van der Waals surface area contributed by atoms with E-state index in [9.17, 15) is 4.79 Å². The summed E-state index contributed by atoms with van der Waals surface area (Å²) in [5.41, 5.74) is 4.38. The van der Waals surface area contributed by atoms with Crippen LogP contribution in [0.2, 0.25) is 0 Å². The van der Waals surface area contributed by atoms with Crippen LogP contribution in [0.15, 0.2) is 61.1 Å². The van der Waals surface area contributed by atoms with E-state index in [2.05, 4.69) is 20.6 Å². The van der Waals surface area contributed by atoms with Gasteiger partial charge in [-0.2, -0.15) is 0 Å². The van der Waals surface area contributed by atoms with Gasteiger partial charge >= 0.3 is 0 Å². The highest BCUT2D eigenvalue weighted by Crippen LogP contribution is 2.33. The highest BCUT2D eigenvalue weighted by atomic mass is 16.7. The maximum absolute atomic E-state index is 12.2. The summed E-state index contributed by atoms with van der Waals surface area (Å²) in [7, 11) is 0. The number of hydrogen-bond acceptors (Lipinski definition) is 6. The van der Waals surface area contributed by atoms with Gasteiger partial charge in [0.1, 0.15) is 0 Å². The molecular weight excluding hydrogens is 406 g/mol. The summed E-state index contributed by atoms with van der Waals surface area (Å²) < 4.78 is 12.8. The van der Waals surface area contributed by atoms with Gasteiger partial charge in [0, 0.05) is 36.1 Å². The summed E-state index contributed by atoms with van der Waals surface area (Å²) in [6, 6.07) is 13.8. The Balaban J connectivity index is 1.22. The van der Waals surface area contributed by atoms with Crippen molar-refractivity contribution < 1.29 is 14.3 Å². The first-order valence-corrected chi connectivity index (χ1v) is 10.6. The molecule has 0 saturated heterocycles. The third-order valence-corrected chi connectivity index (χ3v) is 5.68. The number of carbonyl (C=O) groups is 1. The second-order valence-electron chi connectivity index (χ2n) is 7.98. The van der Waals surface area contributed by atoms with Crippen LogP contribution in [-0.4, -0.2) is 33.1 Å². The monoisotopic (exact) mass is 427 g/mol. The standard InChI is InChI=1S/C24H21N5O3/c30-24(28-18-6-7-18)17-4-2-16(3-5-17)19-13-27-23-22(25-9-10-29(19)23)26-12-15-1-8-20-21(11-15)32-14-31-20/h1-5,8-11,13,18H,6-7,12,14H2,(H,25,26)(H,28,30). The van der Waals surface area contributed by atoms with E-state index in [0.29, 0.717) is 24.0 Å². The number of aromatic nitrogens is 3. The molecule has 0 atom stereocenters. The lowest BCUT2D eigenvalue weighted by Crippen LogP contribution is -2.25. The van der Waals surface area contributed by atoms with Crippen molar-refractivity contribution in [3.05, 3.63) is 72.2 Å². The van der Waals surface area contributed by atoms with E-state index in [1.54, 1.807) is 6.20 Å². The fourth-order valence-electron chi connectivity index (χ4n) is 3.78. The van der Waals surface area contributed by atoms with Crippen LogP contribution in [0, 0.1) is 0 Å². The first kappa shape index (κ1) is 18.7. The molecule has 1 aliphatic carbocycles. The minimum atomic E-state index is -0.0172. The molecule has 0 unspecified atom stereocenters. The van der Waals surface area contributed by atoms with Crippen LogP contribution in [0.3, 0.4) is 0 Å². The maximum atomic E-state index is 12.2. The van der Waals surface area contributed by atoms with Crippen molar-refractivity contribution in [2.24, 2.45) is 0 Å². The predicted octanol–water partition coefficient (Wildman–Crippen LogP) is 3.63. The van der Waals surface area contributed by atoms with Gasteiger partial charge in [0.25, 0.3) is 5.91 Å². The molecule has 8 heteroatoms. The van der Waals surface area contributed by atoms with Crippen molar-refractivity contribution in [3.8, 4) is 22.8 Å². The number of fused-ring (bicyclic) bond motifs is 2. The number of benzene rings is 2. The number of ether oxygens (including phenoxy) is 2. The molecule has 2 N–H and O–H groups in total. The molecule has 0 bridgehead atoms. The number of nitrogens with one attached hydrogen (secondary N) is 2. The van der Waals surface area contributed by atoms with Gasteiger partial charge in [-0.1, -0.05) is 18.2 Å². The van der Waals surface area contributed by atoms with Gasteiger partial charge in [0.05, 0.1) is 11.9 Å². The molecule has 6 rings (SSSR count). The number of carbonyl (C=O) groups excluding carboxylic acids is 1. The molecule has 0 spiro atoms. The molecule has 2 aliphatic rings. The zero-order chi connectivity index (χ0) is 21.5. The van der Waals surface area contributed by atoms with Crippen molar-refractivity contribution in [1.82, 2.24) is 19.7 Å². The van der Waals surface area contributed by atoms with E-state index >= 15 is 0 Å². The van der Waals surface area contributed by atoms with Crippen LogP contribution < -0.4 is 20.1 Å². The molecule has 1 aliphatic heterocycles. The van der Waals surface area contributed by atoms with Gasteiger partial charge in [-0.05, 0) is 42.7 Å². The van der Waals surface area contributed by atoms with Crippen molar-refractivity contribution >= 4 is 17.4 Å². The van der Waals surface area contributed by atoms with Crippen LogP contribution in [0.1, 0.15) is 28.8 Å². The average Bonchev–Trinajstić information content (AvgIpc) is 3.33. The smallest absolute Gasteiger partial charge is 0.251 e. The fourth-order valence-corrected chi connectivity index (χ4v) is 3.78. The van der Waals surface area contributed by atoms with Crippen LogP contribution in [0.4, 0.5) is 5.82 Å². The van der Waals surface area contributed by atoms with Crippen LogP contribution in [0.5, 0.6) is 11.5 Å². The average molecular weight is 427 g/mol. The second kappa shape index (κ2) is 7.56. The number of hydrogen-bond donors (Lipinski definition) is 2. The predicted molar refractivity (Wildman–Crippen MR) is 119 cm³/mol. The zero-order valence-electron chi connectivity index (χ0n) is 17.2. The Morgan fingerprint density at radius 2 is 1.91 bits per heavy atom. The molecule has 1 amide bonds. The molecular formula is C24H21N5O3. The van der Waals surface area contributed by atoms with Crippen molar-refractivity contribution in [3.63, 3.8) is 0 Å². The van der Waals surface area contributed by atoms with E-state index in [4.69, 9.17) is 9.47 Å². The van der Waals surface area contributed by atoms with Gasteiger partial charge in [-0.15, -0.1) is 0 Å². The number of nitrogens with zero attached hydrogens (tertiary/aromatic N) is 3. The first-order chi connectivity index (χ1) is 15.7. The molecule has 3 heterocycles. The van der Waals surface area contributed by atoms with E-state index < -0.39 is 0 Å². The Morgan fingerprint density at radius 1 is 1.06 bits per heavy atom. The third kappa shape index (κ3) is 3.49. The Morgan fingerprint density at radius 3 is 2.75 bits per heavy atom. The highest BCUT2D eigenvalue weighted by Gasteiger charge is 2.23. The summed E-state index contributed by atoms with van der Waals surface area (Å²) in [6.45, 7) is 0.840. The Labute approximate surface area is 184 Å². The van der Waals surface area contributed by atoms with Crippen LogP contribution in [0.25, 0.3) is 16.9 Å². The third-order valence-electron chi connectivity index (χ3n) is 5.68. The molecule has 32 heavy (non-hydrogen) atoms. The molecule has 1 saturated carbocycles. The molecule has 8 nitrogen and oxygen atoms in total. The zero-order valence-corrected chi connectivity index (χ0v) is 17.2. The SMILES string of the molecule is O=C(NC1CC1)c1ccc(-c2cnc3c(NCc4ccc5c(c4)OCO5)nccn23)cc1. The quantitative estimate of drug-likeness (QED) is 0.488. The number of imidazole rings is 1. The highest BCUT2D eigenvalue weighted by molar-refractivity contribution is 5.95. The first-order valence-electron chi connectivity index (χ1n) is 10.6. The van der Waals surface area contributed by atoms with Gasteiger partial charge in [0.15, 0.2) is 23.0 Å². The molecule has 2 aromatic heterocycles. The lowest BCUT2D eigenvalue weighted by Gasteiger charge is -2.09. The largest absolute Gasteiger partial charge is 0.454 e. The van der Waals surface area contributed by atoms with Crippen LogP contribution in [-0.2, 0) is 6.54 Å². The molecule has 2 aromatic carbocycles. The molecule has 1 fully saturated rings. The Bertz CT molecular complexity index is 1310. The second-order valence-corrected chi connectivity index (χ2v) is 7.98. The van der Waals surface area contributed by atoms with Gasteiger partial charge in [-0.3, -0.25) is 9.20 Å². The van der Waals surface area contributed by atoms with Gasteiger partial charge < -0.3 is 20.1 Å². The minimum Gasteiger partial charge on any atom is -0.454 e. The summed E-state index contributed by atoms with van der Waals surface area (Å²) >= 11 is 0. The van der Waals surface area contributed by atoms with E-state index in [1.165, 1.54) is 0 Å². The number of anilines is 1. The lowest BCUT2D eigenvalue weighted by atomic mass is 10.1. The van der Waals surface area contributed by atoms with Crippen molar-refractivity contribution in [1.29, 1.82) is 0 Å². The maximum Gasteiger partial charge on any atom is 0.251 e. The summed E-state index contributed by atoms with van der Waals surface area (Å²) in [5.74, 6) is 2.20. The van der Waals surface area contributed by atoms with Crippen molar-refractivity contribution in [2.75, 3.05) is 12.1 Å². The topological polar surface area (TPSA) is 89.8 Å². The Kier molecular flexibility index (Phi) is 4.41. The summed E-state index contributed by atoms with van der Waals surface area (Å²) in [6.07, 6.45) is 7.60. The van der Waals surface area contributed by atoms with Gasteiger partial charge in [0.2, 0.25) is 6.79 Å². The number of rotatable bonds is 6. The van der Waals surface area contributed by atoms with E-state index in [-0.39, 0.29) is 12.7 Å².